The molecule has 0 bridgehead atoms. The van der Waals surface area contributed by atoms with E-state index in [1.807, 2.05) is 19.2 Å². The summed E-state index contributed by atoms with van der Waals surface area (Å²) in [6.45, 7) is 1.66. The zero-order valence-electron chi connectivity index (χ0n) is 24.5. The molecule has 1 fully saturated rings. The van der Waals surface area contributed by atoms with Crippen LogP contribution in [-0.2, 0) is 16.3 Å². The first-order chi connectivity index (χ1) is 19.6. The van der Waals surface area contributed by atoms with Gasteiger partial charge in [0.25, 0.3) is 0 Å². The second-order valence-corrected chi connectivity index (χ2v) is 14.4. The van der Waals surface area contributed by atoms with Crippen molar-refractivity contribution in [3.05, 3.63) is 71.0 Å². The number of unbranched alkanes of at least 4 members (excludes halogenated alkanes) is 3. The minimum Gasteiger partial charge on any atom is -0.306 e. The Bertz CT molecular complexity index is 1250. The molecule has 1 saturated carbocycles. The highest BCUT2D eigenvalue weighted by molar-refractivity contribution is 7.91. The molecule has 0 aliphatic heterocycles. The smallest absolute Gasteiger partial charge is 0.248 e. The first-order valence-electron chi connectivity index (χ1n) is 15.4. The molecule has 4 rings (SSSR count). The molecule has 0 saturated heterocycles. The molecular formula is C34H46F3NO2S. The summed E-state index contributed by atoms with van der Waals surface area (Å²) in [7, 11) is -1.16. The minimum absolute atomic E-state index is 0.0522. The lowest BCUT2D eigenvalue weighted by atomic mass is 9.88. The molecule has 7 heteroatoms. The van der Waals surface area contributed by atoms with Crippen LogP contribution in [0.15, 0.2) is 48.5 Å². The maximum atomic E-state index is 13.6. The average molecular weight is 590 g/mol. The van der Waals surface area contributed by atoms with E-state index in [9.17, 15) is 21.6 Å². The molecule has 2 aromatic carbocycles. The second kappa shape index (κ2) is 14.9. The maximum absolute atomic E-state index is 13.6. The number of fused-ring (bicyclic) bond motifs is 1. The van der Waals surface area contributed by atoms with Crippen LogP contribution >= 0.6 is 0 Å². The van der Waals surface area contributed by atoms with E-state index >= 15 is 0 Å². The Kier molecular flexibility index (Phi) is 11.5. The Morgan fingerprint density at radius 1 is 0.878 bits per heavy atom. The van der Waals surface area contributed by atoms with Crippen LogP contribution < -0.4 is 0 Å². The van der Waals surface area contributed by atoms with Gasteiger partial charge in [-0.1, -0.05) is 49.2 Å². The van der Waals surface area contributed by atoms with E-state index in [1.54, 1.807) is 12.1 Å². The van der Waals surface area contributed by atoms with E-state index in [1.165, 1.54) is 22.3 Å². The van der Waals surface area contributed by atoms with Crippen LogP contribution in [-0.4, -0.2) is 50.9 Å². The molecule has 3 nitrogen and oxygen atoms in total. The van der Waals surface area contributed by atoms with Gasteiger partial charge in [0.2, 0.25) is 5.92 Å². The van der Waals surface area contributed by atoms with Crippen LogP contribution in [0, 0.1) is 11.7 Å². The summed E-state index contributed by atoms with van der Waals surface area (Å²) in [4.78, 5) is 2.20. The number of benzene rings is 2. The third kappa shape index (κ3) is 9.99. The van der Waals surface area contributed by atoms with Gasteiger partial charge in [0.05, 0.1) is 11.5 Å². The summed E-state index contributed by atoms with van der Waals surface area (Å²) in [5.74, 6) is -2.75. The fourth-order valence-electron chi connectivity index (χ4n) is 6.47. The quantitative estimate of drug-likeness (QED) is 0.207. The topological polar surface area (TPSA) is 37.4 Å². The Balaban J connectivity index is 1.18. The molecule has 0 N–H and O–H groups in total. The van der Waals surface area contributed by atoms with E-state index < -0.39 is 15.8 Å². The van der Waals surface area contributed by atoms with Crippen molar-refractivity contribution in [3.8, 4) is 0 Å². The maximum Gasteiger partial charge on any atom is 0.248 e. The first-order valence-corrected chi connectivity index (χ1v) is 17.3. The van der Waals surface area contributed by atoms with E-state index in [0.29, 0.717) is 19.3 Å². The van der Waals surface area contributed by atoms with E-state index in [4.69, 9.17) is 0 Å². The van der Waals surface area contributed by atoms with Gasteiger partial charge in [-0.25, -0.2) is 21.6 Å². The predicted molar refractivity (Wildman–Crippen MR) is 163 cm³/mol. The van der Waals surface area contributed by atoms with Gasteiger partial charge in [-0.3, -0.25) is 0 Å². The zero-order chi connectivity index (χ0) is 29.3. The van der Waals surface area contributed by atoms with Crippen molar-refractivity contribution < 1.29 is 21.6 Å². The third-order valence-electron chi connectivity index (χ3n) is 8.81. The van der Waals surface area contributed by atoms with Gasteiger partial charge in [-0.05, 0) is 124 Å². The molecule has 0 heterocycles. The molecule has 0 radical (unpaired) electrons. The van der Waals surface area contributed by atoms with Crippen molar-refractivity contribution in [2.75, 3.05) is 31.6 Å². The largest absolute Gasteiger partial charge is 0.306 e. The fraction of sp³-hybridized carbons (Fsp3) is 0.588. The summed E-state index contributed by atoms with van der Waals surface area (Å²) in [6.07, 6.45) is 9.44. The van der Waals surface area contributed by atoms with Gasteiger partial charge < -0.3 is 4.90 Å². The number of hydrogen-bond donors (Lipinski definition) is 0. The van der Waals surface area contributed by atoms with Crippen LogP contribution in [0.2, 0.25) is 0 Å². The van der Waals surface area contributed by atoms with Gasteiger partial charge in [-0.2, -0.15) is 0 Å². The van der Waals surface area contributed by atoms with Crippen molar-refractivity contribution >= 4 is 21.0 Å². The number of sulfone groups is 1. The van der Waals surface area contributed by atoms with E-state index in [2.05, 4.69) is 29.2 Å². The monoisotopic (exact) mass is 589 g/mol. The second-order valence-electron chi connectivity index (χ2n) is 12.2. The summed E-state index contributed by atoms with van der Waals surface area (Å²) in [5, 5.41) is 0. The summed E-state index contributed by atoms with van der Waals surface area (Å²) in [6, 6.07) is 15.7. The molecular weight excluding hydrogens is 543 g/mol. The SMILES string of the molecule is CN(CCCCCCC1=C(c2ccc(F)cc2)CCCc2ccccc21)CCCS(=O)(=O)CC1CCC(F)(F)CC1. The van der Waals surface area contributed by atoms with Crippen LogP contribution in [0.5, 0.6) is 0 Å². The number of aryl methyl sites for hydroxylation is 1. The average Bonchev–Trinajstić information content (AvgIpc) is 3.11. The van der Waals surface area contributed by atoms with Crippen LogP contribution in [0.3, 0.4) is 0 Å². The molecule has 0 aromatic heterocycles. The van der Waals surface area contributed by atoms with Crippen molar-refractivity contribution in [1.29, 1.82) is 0 Å². The van der Waals surface area contributed by atoms with Crippen LogP contribution in [0.25, 0.3) is 11.1 Å². The lowest BCUT2D eigenvalue weighted by molar-refractivity contribution is -0.0435. The number of allylic oxidation sites excluding steroid dienone is 2. The molecule has 0 spiro atoms. The Hall–Kier alpha value is -2.12. The standard InChI is InChI=1S/C34H46F3NO2S/c1-38(24-9-25-41(39,40)26-27-19-21-34(36,37)22-20-27)23-7-3-2-4-13-33-31-12-6-5-10-28(31)11-8-14-32(33)29-15-17-30(35)18-16-29/h5-6,10,12,15-18,27H,2-4,7-9,11,13-14,19-26H2,1H3. The number of alkyl halides is 2. The van der Waals surface area contributed by atoms with Crippen molar-refractivity contribution in [3.63, 3.8) is 0 Å². The predicted octanol–water partition coefficient (Wildman–Crippen LogP) is 8.59. The number of halogens is 3. The van der Waals surface area contributed by atoms with Gasteiger partial charge in [-0.15, -0.1) is 0 Å². The molecule has 2 aliphatic rings. The van der Waals surface area contributed by atoms with Crippen molar-refractivity contribution in [2.45, 2.75) is 89.4 Å². The lowest BCUT2D eigenvalue weighted by Crippen LogP contribution is -2.30. The molecule has 0 amide bonds. The van der Waals surface area contributed by atoms with Crippen molar-refractivity contribution in [2.24, 2.45) is 5.92 Å². The molecule has 0 atom stereocenters. The van der Waals surface area contributed by atoms with Gasteiger partial charge in [0, 0.05) is 12.8 Å². The van der Waals surface area contributed by atoms with Crippen LogP contribution in [0.1, 0.15) is 93.7 Å². The van der Waals surface area contributed by atoms with Crippen molar-refractivity contribution in [1.82, 2.24) is 4.90 Å². The molecule has 0 unspecified atom stereocenters. The van der Waals surface area contributed by atoms with Crippen LogP contribution in [0.4, 0.5) is 13.2 Å². The van der Waals surface area contributed by atoms with E-state index in [-0.39, 0.29) is 36.1 Å². The minimum atomic E-state index is -3.20. The summed E-state index contributed by atoms with van der Waals surface area (Å²) in [5.41, 5.74) is 6.64. The third-order valence-corrected chi connectivity index (χ3v) is 10.7. The normalized spacial score (nSPS) is 18.0. The zero-order valence-corrected chi connectivity index (χ0v) is 25.3. The Morgan fingerprint density at radius 2 is 1.56 bits per heavy atom. The highest BCUT2D eigenvalue weighted by Gasteiger charge is 2.36. The number of hydrogen-bond acceptors (Lipinski definition) is 3. The number of rotatable bonds is 14. The molecule has 2 aromatic rings. The van der Waals surface area contributed by atoms with Gasteiger partial charge in [0.15, 0.2) is 9.84 Å². The number of nitrogens with zero attached hydrogens (tertiary/aromatic N) is 1. The fourth-order valence-corrected chi connectivity index (χ4v) is 8.26. The Labute approximate surface area is 245 Å². The lowest BCUT2D eigenvalue weighted by Gasteiger charge is -2.28. The molecule has 226 valence electrons. The van der Waals surface area contributed by atoms with Gasteiger partial charge in [0.1, 0.15) is 5.82 Å². The molecule has 41 heavy (non-hydrogen) atoms. The molecule has 2 aliphatic carbocycles. The first kappa shape index (κ1) is 31.8. The summed E-state index contributed by atoms with van der Waals surface area (Å²) >= 11 is 0. The highest BCUT2D eigenvalue weighted by Crippen LogP contribution is 2.39. The Morgan fingerprint density at radius 3 is 2.32 bits per heavy atom. The highest BCUT2D eigenvalue weighted by atomic mass is 32.2. The van der Waals surface area contributed by atoms with E-state index in [0.717, 1.165) is 70.0 Å². The van der Waals surface area contributed by atoms with Gasteiger partial charge >= 0.3 is 0 Å². The summed E-state index contributed by atoms with van der Waals surface area (Å²) < 4.78 is 65.3.